The summed E-state index contributed by atoms with van der Waals surface area (Å²) in [6.45, 7) is 1.97. The molecule has 0 aliphatic carbocycles. The minimum atomic E-state index is -0.0234. The van der Waals surface area contributed by atoms with E-state index in [1.165, 1.54) is 0 Å². The Morgan fingerprint density at radius 2 is 2.11 bits per heavy atom. The van der Waals surface area contributed by atoms with Gasteiger partial charge in [-0.25, -0.2) is 0 Å². The molecule has 0 saturated carbocycles. The minimum Gasteiger partial charge on any atom is -0.496 e. The van der Waals surface area contributed by atoms with E-state index in [9.17, 15) is 0 Å². The lowest BCUT2D eigenvalue weighted by Gasteiger charge is -2.35. The van der Waals surface area contributed by atoms with Gasteiger partial charge in [-0.3, -0.25) is 0 Å². The second-order valence-corrected chi connectivity index (χ2v) is 5.02. The van der Waals surface area contributed by atoms with Crippen LogP contribution in [0.1, 0.15) is 18.4 Å². The first-order chi connectivity index (χ1) is 8.76. The Hall–Kier alpha value is -1.42. The Morgan fingerprint density at radius 1 is 1.22 bits per heavy atom. The number of benzene rings is 1. The Labute approximate surface area is 107 Å². The van der Waals surface area contributed by atoms with E-state index in [1.807, 2.05) is 12.1 Å². The zero-order valence-electron chi connectivity index (χ0n) is 10.9. The fourth-order valence-corrected chi connectivity index (χ4v) is 2.89. The predicted octanol–water partition coefficient (Wildman–Crippen LogP) is 1.76. The second-order valence-electron chi connectivity index (χ2n) is 5.02. The van der Waals surface area contributed by atoms with Crippen LogP contribution in [0.4, 0.5) is 0 Å². The molecule has 1 aromatic rings. The summed E-state index contributed by atoms with van der Waals surface area (Å²) in [5.41, 5.74) is 1.14. The molecule has 1 spiro atoms. The van der Waals surface area contributed by atoms with E-state index in [1.54, 1.807) is 14.2 Å². The van der Waals surface area contributed by atoms with Crippen LogP contribution >= 0.6 is 0 Å². The van der Waals surface area contributed by atoms with Crippen LogP contribution in [0.3, 0.4) is 0 Å². The summed E-state index contributed by atoms with van der Waals surface area (Å²) in [7, 11) is 3.35. The molecule has 4 nitrogen and oxygen atoms in total. The van der Waals surface area contributed by atoms with Crippen LogP contribution in [0, 0.1) is 0 Å². The standard InChI is InChI=1S/C14H19NO3/c1-16-10-7-12(17-2)11-3-4-14(5-6-15-9-14)18-13(11)8-10/h7-8,15H,3-6,9H2,1-2H3. The van der Waals surface area contributed by atoms with Gasteiger partial charge in [0.2, 0.25) is 0 Å². The molecular formula is C14H19NO3. The fourth-order valence-electron chi connectivity index (χ4n) is 2.89. The molecule has 2 aliphatic rings. The van der Waals surface area contributed by atoms with E-state index in [0.29, 0.717) is 0 Å². The van der Waals surface area contributed by atoms with Crippen molar-refractivity contribution in [1.82, 2.24) is 5.32 Å². The van der Waals surface area contributed by atoms with Crippen molar-refractivity contribution in [3.63, 3.8) is 0 Å². The van der Waals surface area contributed by atoms with Crippen molar-refractivity contribution in [3.8, 4) is 17.2 Å². The normalized spacial score (nSPS) is 25.7. The first kappa shape index (κ1) is 11.7. The average molecular weight is 249 g/mol. The summed E-state index contributed by atoms with van der Waals surface area (Å²) in [5, 5.41) is 3.38. The smallest absolute Gasteiger partial charge is 0.130 e. The molecule has 1 atom stereocenters. The molecule has 3 rings (SSSR count). The van der Waals surface area contributed by atoms with Crippen LogP contribution in [0.5, 0.6) is 17.2 Å². The molecule has 1 fully saturated rings. The molecule has 1 N–H and O–H groups in total. The summed E-state index contributed by atoms with van der Waals surface area (Å²) >= 11 is 0. The van der Waals surface area contributed by atoms with E-state index < -0.39 is 0 Å². The number of hydrogen-bond donors (Lipinski definition) is 1. The van der Waals surface area contributed by atoms with Crippen LogP contribution < -0.4 is 19.5 Å². The van der Waals surface area contributed by atoms with Crippen molar-refractivity contribution in [2.45, 2.75) is 24.9 Å². The highest BCUT2D eigenvalue weighted by Gasteiger charge is 2.40. The quantitative estimate of drug-likeness (QED) is 0.867. The van der Waals surface area contributed by atoms with Crippen molar-refractivity contribution in [2.75, 3.05) is 27.3 Å². The molecule has 1 unspecified atom stereocenters. The summed E-state index contributed by atoms with van der Waals surface area (Å²) < 4.78 is 17.0. The van der Waals surface area contributed by atoms with Gasteiger partial charge in [0, 0.05) is 30.7 Å². The van der Waals surface area contributed by atoms with Gasteiger partial charge in [0.1, 0.15) is 22.8 Å². The third kappa shape index (κ3) is 1.81. The molecule has 0 amide bonds. The minimum absolute atomic E-state index is 0.0234. The van der Waals surface area contributed by atoms with Gasteiger partial charge in [0.25, 0.3) is 0 Å². The van der Waals surface area contributed by atoms with Crippen LogP contribution in [0.25, 0.3) is 0 Å². The van der Waals surface area contributed by atoms with Gasteiger partial charge in [-0.1, -0.05) is 0 Å². The zero-order chi connectivity index (χ0) is 12.6. The number of rotatable bonds is 2. The third-order valence-electron chi connectivity index (χ3n) is 3.96. The van der Waals surface area contributed by atoms with Gasteiger partial charge in [0.05, 0.1) is 14.2 Å². The molecule has 0 radical (unpaired) electrons. The molecular weight excluding hydrogens is 230 g/mol. The first-order valence-electron chi connectivity index (χ1n) is 6.41. The first-order valence-corrected chi connectivity index (χ1v) is 6.41. The number of fused-ring (bicyclic) bond motifs is 1. The van der Waals surface area contributed by atoms with Crippen LogP contribution in [0.15, 0.2) is 12.1 Å². The van der Waals surface area contributed by atoms with Gasteiger partial charge in [-0.15, -0.1) is 0 Å². The van der Waals surface area contributed by atoms with Crippen molar-refractivity contribution < 1.29 is 14.2 Å². The molecule has 2 heterocycles. The lowest BCUT2D eigenvalue weighted by molar-refractivity contribution is 0.0652. The monoisotopic (exact) mass is 249 g/mol. The summed E-state index contributed by atoms with van der Waals surface area (Å²) in [6, 6.07) is 3.89. The van der Waals surface area contributed by atoms with E-state index in [4.69, 9.17) is 14.2 Å². The third-order valence-corrected chi connectivity index (χ3v) is 3.96. The Morgan fingerprint density at radius 3 is 2.78 bits per heavy atom. The Bertz CT molecular complexity index is 453. The van der Waals surface area contributed by atoms with Gasteiger partial charge < -0.3 is 19.5 Å². The lowest BCUT2D eigenvalue weighted by atomic mass is 9.90. The number of hydrogen-bond acceptors (Lipinski definition) is 4. The average Bonchev–Trinajstić information content (AvgIpc) is 2.85. The fraction of sp³-hybridized carbons (Fsp3) is 0.571. The van der Waals surface area contributed by atoms with Crippen molar-refractivity contribution in [3.05, 3.63) is 17.7 Å². The zero-order valence-corrected chi connectivity index (χ0v) is 10.9. The molecule has 4 heteroatoms. The van der Waals surface area contributed by atoms with Crippen molar-refractivity contribution in [2.24, 2.45) is 0 Å². The number of methoxy groups -OCH3 is 2. The maximum absolute atomic E-state index is 6.24. The molecule has 0 bridgehead atoms. The maximum atomic E-state index is 6.24. The van der Waals surface area contributed by atoms with Crippen LogP contribution in [-0.4, -0.2) is 32.9 Å². The van der Waals surface area contributed by atoms with Gasteiger partial charge >= 0.3 is 0 Å². The second kappa shape index (κ2) is 4.35. The maximum Gasteiger partial charge on any atom is 0.130 e. The summed E-state index contributed by atoms with van der Waals surface area (Å²) in [5.74, 6) is 2.57. The van der Waals surface area contributed by atoms with Crippen LogP contribution in [-0.2, 0) is 6.42 Å². The molecule has 1 saturated heterocycles. The van der Waals surface area contributed by atoms with Crippen molar-refractivity contribution in [1.29, 1.82) is 0 Å². The molecule has 18 heavy (non-hydrogen) atoms. The van der Waals surface area contributed by atoms with E-state index in [0.717, 1.165) is 55.2 Å². The summed E-state index contributed by atoms with van der Waals surface area (Å²) in [4.78, 5) is 0. The Kier molecular flexibility index (Phi) is 2.82. The van der Waals surface area contributed by atoms with E-state index >= 15 is 0 Å². The highest BCUT2D eigenvalue weighted by Crippen LogP contribution is 2.43. The predicted molar refractivity (Wildman–Crippen MR) is 68.7 cm³/mol. The highest BCUT2D eigenvalue weighted by molar-refractivity contribution is 5.52. The van der Waals surface area contributed by atoms with Gasteiger partial charge in [-0.05, 0) is 19.4 Å². The van der Waals surface area contributed by atoms with Gasteiger partial charge in [-0.2, -0.15) is 0 Å². The SMILES string of the molecule is COc1cc(OC)c2c(c1)OC1(CCNC1)CC2. The number of nitrogens with one attached hydrogen (secondary N) is 1. The highest BCUT2D eigenvalue weighted by atomic mass is 16.5. The topological polar surface area (TPSA) is 39.7 Å². The largest absolute Gasteiger partial charge is 0.496 e. The molecule has 1 aromatic carbocycles. The Balaban J connectivity index is 1.98. The molecule has 0 aromatic heterocycles. The number of ether oxygens (including phenoxy) is 3. The van der Waals surface area contributed by atoms with E-state index in [-0.39, 0.29) is 5.60 Å². The van der Waals surface area contributed by atoms with Crippen LogP contribution in [0.2, 0.25) is 0 Å². The summed E-state index contributed by atoms with van der Waals surface area (Å²) in [6.07, 6.45) is 3.13. The lowest BCUT2D eigenvalue weighted by Crippen LogP contribution is -2.41. The van der Waals surface area contributed by atoms with Gasteiger partial charge in [0.15, 0.2) is 0 Å². The molecule has 98 valence electrons. The van der Waals surface area contributed by atoms with E-state index in [2.05, 4.69) is 5.32 Å². The molecule has 2 aliphatic heterocycles. The van der Waals surface area contributed by atoms with Crippen molar-refractivity contribution >= 4 is 0 Å².